The number of benzene rings is 1. The first kappa shape index (κ1) is 13.3. The Bertz CT molecular complexity index is 368. The van der Waals surface area contributed by atoms with Crippen molar-refractivity contribution in [3.05, 3.63) is 28.2 Å². The molecule has 0 saturated heterocycles. The molecule has 0 aliphatic carbocycles. The van der Waals surface area contributed by atoms with Crippen LogP contribution >= 0.6 is 15.9 Å². The second kappa shape index (κ2) is 5.05. The fraction of sp³-hybridized carbons (Fsp3) is 0.400. The monoisotopic (exact) mass is 297 g/mol. The molecule has 0 saturated carbocycles. The molecule has 0 radical (unpaired) electrons. The topological polar surface area (TPSA) is 23.5 Å². The Kier molecular flexibility index (Phi) is 4.21. The number of halogens is 4. The van der Waals surface area contributed by atoms with Gasteiger partial charge in [0.05, 0.1) is 6.61 Å². The third-order valence-corrected chi connectivity index (χ3v) is 2.53. The Morgan fingerprint density at radius 3 is 2.50 bits per heavy atom. The van der Waals surface area contributed by atoms with E-state index in [1.54, 1.807) is 18.2 Å². The Labute approximate surface area is 99.8 Å². The van der Waals surface area contributed by atoms with E-state index in [0.29, 0.717) is 11.3 Å². The number of anilines is 1. The molecule has 2 nitrogen and oxygen atoms in total. The molecule has 1 aromatic rings. The van der Waals surface area contributed by atoms with Crippen LogP contribution < -0.4 is 4.90 Å². The first-order chi connectivity index (χ1) is 7.33. The van der Waals surface area contributed by atoms with Crippen LogP contribution in [0.5, 0.6) is 0 Å². The van der Waals surface area contributed by atoms with E-state index in [2.05, 4.69) is 15.9 Å². The lowest BCUT2D eigenvalue weighted by Gasteiger charge is -2.23. The Balaban J connectivity index is 2.94. The summed E-state index contributed by atoms with van der Waals surface area (Å²) in [6, 6.07) is 4.78. The average Bonchev–Trinajstić information content (AvgIpc) is 2.14. The number of hydrogen-bond donors (Lipinski definition) is 1. The summed E-state index contributed by atoms with van der Waals surface area (Å²) < 4.78 is 37.3. The van der Waals surface area contributed by atoms with Gasteiger partial charge >= 0.3 is 6.18 Å². The van der Waals surface area contributed by atoms with Gasteiger partial charge in [0.25, 0.3) is 0 Å². The van der Waals surface area contributed by atoms with Crippen molar-refractivity contribution in [3.8, 4) is 0 Å². The van der Waals surface area contributed by atoms with Gasteiger partial charge in [0.1, 0.15) is 6.54 Å². The molecule has 0 bridgehead atoms. The second-order valence-corrected chi connectivity index (χ2v) is 4.32. The highest BCUT2D eigenvalue weighted by atomic mass is 79.9. The maximum Gasteiger partial charge on any atom is 0.405 e. The van der Waals surface area contributed by atoms with Gasteiger partial charge in [-0.05, 0) is 18.2 Å². The highest BCUT2D eigenvalue weighted by Gasteiger charge is 2.29. The number of aliphatic hydroxyl groups excluding tert-OH is 1. The zero-order chi connectivity index (χ0) is 12.3. The average molecular weight is 298 g/mol. The predicted octanol–water partition coefficient (Wildman–Crippen LogP) is 2.94. The van der Waals surface area contributed by atoms with E-state index in [1.807, 2.05) is 0 Å². The fourth-order valence-corrected chi connectivity index (χ4v) is 1.82. The summed E-state index contributed by atoms with van der Waals surface area (Å²) in [6.07, 6.45) is -4.26. The van der Waals surface area contributed by atoms with Crippen LogP contribution in [-0.2, 0) is 6.61 Å². The van der Waals surface area contributed by atoms with Gasteiger partial charge in [-0.15, -0.1) is 0 Å². The standard InChI is InChI=1S/C10H11BrF3NO/c1-15(6-10(12,13)14)9-3-2-8(11)4-7(9)5-16/h2-4,16H,5-6H2,1H3. The summed E-state index contributed by atoms with van der Waals surface area (Å²) in [5.74, 6) is 0. The van der Waals surface area contributed by atoms with Gasteiger partial charge in [-0.25, -0.2) is 0 Å². The highest BCUT2D eigenvalue weighted by Crippen LogP contribution is 2.26. The lowest BCUT2D eigenvalue weighted by Crippen LogP contribution is -2.31. The van der Waals surface area contributed by atoms with Gasteiger partial charge in [0.15, 0.2) is 0 Å². The lowest BCUT2D eigenvalue weighted by molar-refractivity contribution is -0.119. The molecule has 0 heterocycles. The van der Waals surface area contributed by atoms with E-state index in [1.165, 1.54) is 7.05 Å². The number of nitrogens with zero attached hydrogens (tertiary/aromatic N) is 1. The SMILES string of the molecule is CN(CC(F)(F)F)c1ccc(Br)cc1CO. The first-order valence-corrected chi connectivity index (χ1v) is 5.30. The summed E-state index contributed by atoms with van der Waals surface area (Å²) >= 11 is 3.20. The molecule has 1 rings (SSSR count). The molecule has 1 N–H and O–H groups in total. The van der Waals surface area contributed by atoms with Crippen molar-refractivity contribution >= 4 is 21.6 Å². The van der Waals surface area contributed by atoms with Crippen LogP contribution in [0.4, 0.5) is 18.9 Å². The molecule has 0 fully saturated rings. The zero-order valence-electron chi connectivity index (χ0n) is 8.55. The van der Waals surface area contributed by atoms with Gasteiger partial charge in [-0.1, -0.05) is 15.9 Å². The van der Waals surface area contributed by atoms with E-state index in [4.69, 9.17) is 5.11 Å². The molecule has 16 heavy (non-hydrogen) atoms. The van der Waals surface area contributed by atoms with Crippen LogP contribution in [0.15, 0.2) is 22.7 Å². The van der Waals surface area contributed by atoms with Crippen molar-refractivity contribution in [1.82, 2.24) is 0 Å². The molecule has 6 heteroatoms. The summed E-state index contributed by atoms with van der Waals surface area (Å²) in [5, 5.41) is 9.06. The number of aliphatic hydroxyl groups is 1. The van der Waals surface area contributed by atoms with Crippen LogP contribution in [0, 0.1) is 0 Å². The second-order valence-electron chi connectivity index (χ2n) is 3.40. The summed E-state index contributed by atoms with van der Waals surface area (Å²) in [7, 11) is 1.34. The molecular formula is C10H11BrF3NO. The molecule has 0 atom stereocenters. The number of alkyl halides is 3. The van der Waals surface area contributed by atoms with Crippen molar-refractivity contribution in [2.45, 2.75) is 12.8 Å². The summed E-state index contributed by atoms with van der Waals surface area (Å²) in [4.78, 5) is 1.07. The molecule has 0 aliphatic heterocycles. The van der Waals surface area contributed by atoms with Crippen molar-refractivity contribution in [3.63, 3.8) is 0 Å². The largest absolute Gasteiger partial charge is 0.405 e. The quantitative estimate of drug-likeness (QED) is 0.927. The number of rotatable bonds is 3. The van der Waals surface area contributed by atoms with Gasteiger partial charge in [-0.3, -0.25) is 0 Å². The minimum atomic E-state index is -4.26. The maximum absolute atomic E-state index is 12.2. The predicted molar refractivity (Wildman–Crippen MR) is 59.4 cm³/mol. The van der Waals surface area contributed by atoms with E-state index in [9.17, 15) is 13.2 Å². The van der Waals surface area contributed by atoms with Gasteiger partial charge < -0.3 is 10.0 Å². The van der Waals surface area contributed by atoms with Crippen molar-refractivity contribution in [2.24, 2.45) is 0 Å². The Hall–Kier alpha value is -0.750. The van der Waals surface area contributed by atoms with E-state index in [-0.39, 0.29) is 6.61 Å². The Morgan fingerprint density at radius 2 is 2.00 bits per heavy atom. The van der Waals surface area contributed by atoms with E-state index < -0.39 is 12.7 Å². The van der Waals surface area contributed by atoms with Gasteiger partial charge in [-0.2, -0.15) is 13.2 Å². The fourth-order valence-electron chi connectivity index (χ4n) is 1.41. The number of hydrogen-bond acceptors (Lipinski definition) is 2. The van der Waals surface area contributed by atoms with Crippen LogP contribution in [-0.4, -0.2) is 24.9 Å². The van der Waals surface area contributed by atoms with Crippen LogP contribution in [0.1, 0.15) is 5.56 Å². The van der Waals surface area contributed by atoms with Crippen LogP contribution in [0.3, 0.4) is 0 Å². The van der Waals surface area contributed by atoms with Crippen LogP contribution in [0.25, 0.3) is 0 Å². The lowest BCUT2D eigenvalue weighted by atomic mass is 10.1. The third-order valence-electron chi connectivity index (χ3n) is 2.04. The van der Waals surface area contributed by atoms with Crippen LogP contribution in [0.2, 0.25) is 0 Å². The van der Waals surface area contributed by atoms with Gasteiger partial charge in [0, 0.05) is 22.8 Å². The third kappa shape index (κ3) is 3.68. The molecule has 0 aliphatic rings. The molecule has 0 amide bonds. The smallest absolute Gasteiger partial charge is 0.392 e. The zero-order valence-corrected chi connectivity index (χ0v) is 10.1. The van der Waals surface area contributed by atoms with Crippen molar-refractivity contribution in [1.29, 1.82) is 0 Å². The molecule has 90 valence electrons. The summed E-state index contributed by atoms with van der Waals surface area (Å²) in [5.41, 5.74) is 0.837. The van der Waals surface area contributed by atoms with E-state index >= 15 is 0 Å². The maximum atomic E-state index is 12.2. The molecular weight excluding hydrogens is 287 g/mol. The first-order valence-electron chi connectivity index (χ1n) is 4.50. The molecule has 1 aromatic carbocycles. The van der Waals surface area contributed by atoms with Gasteiger partial charge in [0.2, 0.25) is 0 Å². The molecule has 0 unspecified atom stereocenters. The summed E-state index contributed by atoms with van der Waals surface area (Å²) in [6.45, 7) is -1.33. The molecule has 0 spiro atoms. The highest BCUT2D eigenvalue weighted by molar-refractivity contribution is 9.10. The normalized spacial score (nSPS) is 11.6. The van der Waals surface area contributed by atoms with Crippen molar-refractivity contribution < 1.29 is 18.3 Å². The molecule has 0 aromatic heterocycles. The Morgan fingerprint density at radius 1 is 1.38 bits per heavy atom. The van der Waals surface area contributed by atoms with Crippen molar-refractivity contribution in [2.75, 3.05) is 18.5 Å². The minimum absolute atomic E-state index is 0.295. The van der Waals surface area contributed by atoms with E-state index in [0.717, 1.165) is 9.37 Å². The minimum Gasteiger partial charge on any atom is -0.392 e.